The number of nitrogens with zero attached hydrogens (tertiary/aromatic N) is 1. The fourth-order valence-corrected chi connectivity index (χ4v) is 4.27. The summed E-state index contributed by atoms with van der Waals surface area (Å²) in [4.78, 5) is 2.55. The summed E-state index contributed by atoms with van der Waals surface area (Å²) in [5.74, 6) is 1.36. The minimum atomic E-state index is 0.169. The smallest absolute Gasteiger partial charge is 0.122 e. The van der Waals surface area contributed by atoms with Crippen molar-refractivity contribution >= 4 is 0 Å². The molecule has 2 aromatic rings. The molecular weight excluding hydrogens is 346 g/mol. The van der Waals surface area contributed by atoms with Crippen molar-refractivity contribution in [3.8, 4) is 11.5 Å². The number of aromatic hydroxyl groups is 1. The molecule has 0 amide bonds. The molecule has 1 atom stereocenters. The summed E-state index contributed by atoms with van der Waals surface area (Å²) >= 11 is 0. The van der Waals surface area contributed by atoms with Crippen LogP contribution in [0, 0.1) is 6.92 Å². The summed E-state index contributed by atoms with van der Waals surface area (Å²) in [6, 6.07) is 15.3. The predicted octanol–water partition coefficient (Wildman–Crippen LogP) is 6.13. The van der Waals surface area contributed by atoms with Crippen molar-refractivity contribution in [3.05, 3.63) is 59.2 Å². The highest BCUT2D eigenvalue weighted by molar-refractivity contribution is 5.52. The third kappa shape index (κ3) is 5.51. The number of ether oxygens (including phenoxy) is 1. The van der Waals surface area contributed by atoms with E-state index < -0.39 is 0 Å². The molecule has 1 N–H and O–H groups in total. The minimum Gasteiger partial charge on any atom is -0.508 e. The first-order valence-electron chi connectivity index (χ1n) is 10.5. The molecule has 0 aromatic heterocycles. The second kappa shape index (κ2) is 10.5. The van der Waals surface area contributed by atoms with Crippen LogP contribution in [-0.2, 0) is 0 Å². The lowest BCUT2D eigenvalue weighted by atomic mass is 9.84. The Morgan fingerprint density at radius 3 is 2.14 bits per heavy atom. The Bertz CT molecular complexity index is 717. The average molecular weight is 384 g/mol. The highest BCUT2D eigenvalue weighted by Crippen LogP contribution is 2.40. The van der Waals surface area contributed by atoms with E-state index in [0.29, 0.717) is 17.8 Å². The zero-order chi connectivity index (χ0) is 20.7. The highest BCUT2D eigenvalue weighted by atomic mass is 16.5. The van der Waals surface area contributed by atoms with Crippen LogP contribution in [0.15, 0.2) is 42.5 Å². The van der Waals surface area contributed by atoms with E-state index >= 15 is 0 Å². The van der Waals surface area contributed by atoms with Crippen LogP contribution >= 0.6 is 0 Å². The van der Waals surface area contributed by atoms with Gasteiger partial charge >= 0.3 is 0 Å². The fourth-order valence-electron chi connectivity index (χ4n) is 4.27. The standard InChI is InChI=1S/C25H37NO2/c1-18(2)26(19(3)4)17-11-10-14-22(21-12-8-7-9-13-21)25-20(5)24(28-6)16-15-23(25)27/h7-9,12-13,15-16,18-19,22,27H,10-11,14,17H2,1-6H3. The van der Waals surface area contributed by atoms with Crippen LogP contribution in [0.1, 0.15) is 69.6 Å². The first-order valence-corrected chi connectivity index (χ1v) is 10.5. The molecule has 0 saturated carbocycles. The maximum atomic E-state index is 10.7. The molecule has 0 heterocycles. The lowest BCUT2D eigenvalue weighted by Crippen LogP contribution is -2.37. The van der Waals surface area contributed by atoms with E-state index in [1.165, 1.54) is 5.56 Å². The molecule has 0 bridgehead atoms. The Morgan fingerprint density at radius 1 is 0.929 bits per heavy atom. The van der Waals surface area contributed by atoms with E-state index in [0.717, 1.165) is 42.7 Å². The molecule has 0 spiro atoms. The van der Waals surface area contributed by atoms with Crippen LogP contribution < -0.4 is 4.74 Å². The van der Waals surface area contributed by atoms with E-state index in [1.54, 1.807) is 13.2 Å². The van der Waals surface area contributed by atoms with Crippen molar-refractivity contribution < 1.29 is 9.84 Å². The molecule has 0 aliphatic rings. The van der Waals surface area contributed by atoms with Crippen molar-refractivity contribution in [2.45, 2.75) is 71.9 Å². The molecule has 2 aromatic carbocycles. The zero-order valence-corrected chi connectivity index (χ0v) is 18.4. The number of unbranched alkanes of at least 4 members (excludes halogenated alkanes) is 1. The van der Waals surface area contributed by atoms with Gasteiger partial charge in [0.05, 0.1) is 7.11 Å². The Morgan fingerprint density at radius 2 is 1.57 bits per heavy atom. The van der Waals surface area contributed by atoms with Crippen molar-refractivity contribution in [2.24, 2.45) is 0 Å². The van der Waals surface area contributed by atoms with Crippen LogP contribution in [0.4, 0.5) is 0 Å². The molecule has 154 valence electrons. The summed E-state index contributed by atoms with van der Waals surface area (Å²) in [7, 11) is 1.69. The van der Waals surface area contributed by atoms with Crippen LogP contribution in [0.25, 0.3) is 0 Å². The Hall–Kier alpha value is -2.00. The van der Waals surface area contributed by atoms with Gasteiger partial charge in [0.2, 0.25) is 0 Å². The average Bonchev–Trinajstić information content (AvgIpc) is 2.66. The SMILES string of the molecule is COc1ccc(O)c(C(CCCCN(C(C)C)C(C)C)c2ccccc2)c1C. The van der Waals surface area contributed by atoms with Crippen LogP contribution in [0.5, 0.6) is 11.5 Å². The van der Waals surface area contributed by atoms with Gasteiger partial charge in [-0.25, -0.2) is 0 Å². The van der Waals surface area contributed by atoms with Gasteiger partial charge in [-0.3, -0.25) is 4.90 Å². The quantitative estimate of drug-likeness (QED) is 0.501. The van der Waals surface area contributed by atoms with Crippen LogP contribution in [-0.4, -0.2) is 35.7 Å². The van der Waals surface area contributed by atoms with Crippen molar-refractivity contribution in [2.75, 3.05) is 13.7 Å². The van der Waals surface area contributed by atoms with Crippen molar-refractivity contribution in [3.63, 3.8) is 0 Å². The van der Waals surface area contributed by atoms with Gasteiger partial charge in [-0.2, -0.15) is 0 Å². The summed E-state index contributed by atoms with van der Waals surface area (Å²) in [5, 5.41) is 10.7. The summed E-state index contributed by atoms with van der Waals surface area (Å²) in [5.41, 5.74) is 3.27. The summed E-state index contributed by atoms with van der Waals surface area (Å²) in [6.07, 6.45) is 3.28. The second-order valence-corrected chi connectivity index (χ2v) is 8.21. The number of hydrogen-bond donors (Lipinski definition) is 1. The van der Waals surface area contributed by atoms with E-state index in [-0.39, 0.29) is 5.92 Å². The topological polar surface area (TPSA) is 32.7 Å². The Balaban J connectivity index is 2.21. The van der Waals surface area contributed by atoms with E-state index in [9.17, 15) is 5.11 Å². The molecule has 3 heteroatoms. The van der Waals surface area contributed by atoms with Gasteiger partial charge < -0.3 is 9.84 Å². The number of hydrogen-bond acceptors (Lipinski definition) is 3. The maximum absolute atomic E-state index is 10.7. The molecule has 0 aliphatic carbocycles. The molecule has 0 fully saturated rings. The first kappa shape index (κ1) is 22.3. The van der Waals surface area contributed by atoms with Gasteiger partial charge in [0.1, 0.15) is 11.5 Å². The van der Waals surface area contributed by atoms with E-state index in [1.807, 2.05) is 19.1 Å². The minimum absolute atomic E-state index is 0.169. The van der Waals surface area contributed by atoms with E-state index in [4.69, 9.17) is 4.74 Å². The Kier molecular flexibility index (Phi) is 8.37. The van der Waals surface area contributed by atoms with Gasteiger partial charge in [0.15, 0.2) is 0 Å². The van der Waals surface area contributed by atoms with Gasteiger partial charge in [-0.15, -0.1) is 0 Å². The fraction of sp³-hybridized carbons (Fsp3) is 0.520. The number of phenolic OH excluding ortho intramolecular Hbond substituents is 1. The van der Waals surface area contributed by atoms with Crippen molar-refractivity contribution in [1.29, 1.82) is 0 Å². The molecule has 0 radical (unpaired) electrons. The number of phenols is 1. The van der Waals surface area contributed by atoms with Gasteiger partial charge in [-0.1, -0.05) is 36.8 Å². The lowest BCUT2D eigenvalue weighted by molar-refractivity contribution is 0.171. The molecule has 1 unspecified atom stereocenters. The van der Waals surface area contributed by atoms with Gasteiger partial charge in [0.25, 0.3) is 0 Å². The Labute approximate surface area is 171 Å². The van der Waals surface area contributed by atoms with Crippen LogP contribution in [0.2, 0.25) is 0 Å². The number of methoxy groups -OCH3 is 1. The lowest BCUT2D eigenvalue weighted by Gasteiger charge is -2.30. The molecular formula is C25H37NO2. The largest absolute Gasteiger partial charge is 0.508 e. The molecule has 28 heavy (non-hydrogen) atoms. The summed E-state index contributed by atoms with van der Waals surface area (Å²) < 4.78 is 5.52. The van der Waals surface area contributed by atoms with Gasteiger partial charge in [-0.05, 0) is 77.3 Å². The monoisotopic (exact) mass is 383 g/mol. The molecule has 2 rings (SSSR count). The molecule has 0 saturated heterocycles. The second-order valence-electron chi connectivity index (χ2n) is 8.21. The zero-order valence-electron chi connectivity index (χ0n) is 18.4. The van der Waals surface area contributed by atoms with E-state index in [2.05, 4.69) is 56.9 Å². The summed E-state index contributed by atoms with van der Waals surface area (Å²) in [6.45, 7) is 12.2. The highest BCUT2D eigenvalue weighted by Gasteiger charge is 2.22. The number of benzene rings is 2. The van der Waals surface area contributed by atoms with Gasteiger partial charge in [0, 0.05) is 23.6 Å². The normalized spacial score (nSPS) is 12.8. The van der Waals surface area contributed by atoms with Crippen LogP contribution in [0.3, 0.4) is 0 Å². The number of rotatable bonds is 10. The first-order chi connectivity index (χ1) is 13.4. The predicted molar refractivity (Wildman–Crippen MR) is 119 cm³/mol. The third-order valence-corrected chi connectivity index (χ3v) is 5.70. The molecule has 0 aliphatic heterocycles. The maximum Gasteiger partial charge on any atom is 0.122 e. The third-order valence-electron chi connectivity index (χ3n) is 5.70. The van der Waals surface area contributed by atoms with Crippen molar-refractivity contribution in [1.82, 2.24) is 4.90 Å². The molecule has 3 nitrogen and oxygen atoms in total.